The minimum Gasteiger partial charge on any atom is -0.316 e. The molecule has 0 saturated carbocycles. The van der Waals surface area contributed by atoms with Gasteiger partial charge in [0.05, 0.1) is 5.69 Å². The highest BCUT2D eigenvalue weighted by atomic mass is 15.3. The Morgan fingerprint density at radius 1 is 1.40 bits per heavy atom. The monoisotopic (exact) mass is 209 g/mol. The van der Waals surface area contributed by atoms with E-state index in [0.717, 1.165) is 37.7 Å². The lowest BCUT2D eigenvalue weighted by atomic mass is 10.2. The third kappa shape index (κ3) is 4.47. The van der Waals surface area contributed by atoms with Crippen LogP contribution >= 0.6 is 0 Å². The van der Waals surface area contributed by atoms with Crippen LogP contribution in [0.3, 0.4) is 0 Å². The second-order valence-corrected chi connectivity index (χ2v) is 4.60. The molecule has 3 nitrogen and oxygen atoms in total. The Kier molecular flexibility index (Phi) is 4.82. The number of hydrogen-bond donors (Lipinski definition) is 1. The maximum Gasteiger partial charge on any atom is 0.0596 e. The summed E-state index contributed by atoms with van der Waals surface area (Å²) in [5, 5.41) is 7.87. The second kappa shape index (κ2) is 5.91. The summed E-state index contributed by atoms with van der Waals surface area (Å²) >= 11 is 0. The van der Waals surface area contributed by atoms with Gasteiger partial charge in [-0.25, -0.2) is 0 Å². The Hall–Kier alpha value is -0.830. The molecule has 15 heavy (non-hydrogen) atoms. The lowest BCUT2D eigenvalue weighted by Gasteiger charge is -2.08. The Balaban J connectivity index is 2.17. The predicted octanol–water partition coefficient (Wildman–Crippen LogP) is 2.14. The van der Waals surface area contributed by atoms with Crippen molar-refractivity contribution in [2.24, 2.45) is 5.92 Å². The number of hydrogen-bond acceptors (Lipinski definition) is 2. The third-order valence-electron chi connectivity index (χ3n) is 2.38. The van der Waals surface area contributed by atoms with E-state index in [0.29, 0.717) is 0 Å². The molecule has 1 aromatic rings. The van der Waals surface area contributed by atoms with Crippen LogP contribution in [0.5, 0.6) is 0 Å². The molecule has 0 spiro atoms. The molecule has 1 rings (SSSR count). The van der Waals surface area contributed by atoms with Gasteiger partial charge in [-0.1, -0.05) is 13.8 Å². The van der Waals surface area contributed by atoms with Crippen LogP contribution in [0, 0.1) is 19.8 Å². The molecule has 0 atom stereocenters. The second-order valence-electron chi connectivity index (χ2n) is 4.60. The van der Waals surface area contributed by atoms with Gasteiger partial charge in [0.15, 0.2) is 0 Å². The third-order valence-corrected chi connectivity index (χ3v) is 2.38. The number of nitrogens with one attached hydrogen (secondary N) is 1. The smallest absolute Gasteiger partial charge is 0.0596 e. The van der Waals surface area contributed by atoms with Crippen molar-refractivity contribution in [1.82, 2.24) is 15.1 Å². The van der Waals surface area contributed by atoms with Gasteiger partial charge in [0, 0.05) is 12.2 Å². The van der Waals surface area contributed by atoms with Crippen LogP contribution in [-0.4, -0.2) is 22.9 Å². The van der Waals surface area contributed by atoms with E-state index in [9.17, 15) is 0 Å². The molecule has 0 aliphatic heterocycles. The molecule has 0 fully saturated rings. The highest BCUT2D eigenvalue weighted by Crippen LogP contribution is 2.02. The van der Waals surface area contributed by atoms with Crippen molar-refractivity contribution < 1.29 is 0 Å². The van der Waals surface area contributed by atoms with E-state index >= 15 is 0 Å². The predicted molar refractivity (Wildman–Crippen MR) is 64.0 cm³/mol. The summed E-state index contributed by atoms with van der Waals surface area (Å²) in [6.07, 6.45) is 1.15. The minimum atomic E-state index is 0.735. The van der Waals surface area contributed by atoms with Crippen LogP contribution in [0.4, 0.5) is 0 Å². The first-order valence-corrected chi connectivity index (χ1v) is 5.81. The van der Waals surface area contributed by atoms with Crippen LogP contribution in [0.1, 0.15) is 31.7 Å². The molecule has 1 heterocycles. The molecular formula is C12H23N3. The zero-order valence-corrected chi connectivity index (χ0v) is 10.4. The lowest BCUT2D eigenvalue weighted by molar-refractivity contribution is 0.500. The van der Waals surface area contributed by atoms with Crippen molar-refractivity contribution in [3.05, 3.63) is 17.5 Å². The molecule has 1 aromatic heterocycles. The van der Waals surface area contributed by atoms with Crippen LogP contribution in [0.25, 0.3) is 0 Å². The molecule has 0 radical (unpaired) electrons. The lowest BCUT2D eigenvalue weighted by Crippen LogP contribution is -2.22. The van der Waals surface area contributed by atoms with E-state index in [-0.39, 0.29) is 0 Å². The summed E-state index contributed by atoms with van der Waals surface area (Å²) in [6.45, 7) is 11.8. The van der Waals surface area contributed by atoms with Crippen molar-refractivity contribution in [2.45, 2.75) is 40.7 Å². The van der Waals surface area contributed by atoms with E-state index < -0.39 is 0 Å². The summed E-state index contributed by atoms with van der Waals surface area (Å²) in [5.74, 6) is 0.735. The molecule has 86 valence electrons. The molecule has 0 unspecified atom stereocenters. The van der Waals surface area contributed by atoms with Gasteiger partial charge in [0.1, 0.15) is 0 Å². The van der Waals surface area contributed by atoms with Crippen LogP contribution in [-0.2, 0) is 6.54 Å². The summed E-state index contributed by atoms with van der Waals surface area (Å²) in [7, 11) is 0. The van der Waals surface area contributed by atoms with Crippen molar-refractivity contribution in [3.63, 3.8) is 0 Å². The Morgan fingerprint density at radius 3 is 2.67 bits per heavy atom. The van der Waals surface area contributed by atoms with Gasteiger partial charge >= 0.3 is 0 Å². The normalized spacial score (nSPS) is 11.3. The molecule has 1 N–H and O–H groups in total. The standard InChI is InChI=1S/C12H23N3/c1-10(2)9-13-6-5-7-15-12(4)8-11(3)14-15/h8,10,13H,5-7,9H2,1-4H3. The summed E-state index contributed by atoms with van der Waals surface area (Å²) in [4.78, 5) is 0. The van der Waals surface area contributed by atoms with Gasteiger partial charge in [-0.05, 0) is 45.3 Å². The molecule has 0 amide bonds. The average molecular weight is 209 g/mol. The SMILES string of the molecule is Cc1cc(C)n(CCCNCC(C)C)n1. The first-order chi connectivity index (χ1) is 7.09. The Labute approximate surface area is 92.9 Å². The van der Waals surface area contributed by atoms with Gasteiger partial charge in [-0.15, -0.1) is 0 Å². The van der Waals surface area contributed by atoms with Crippen molar-refractivity contribution in [2.75, 3.05) is 13.1 Å². The number of rotatable bonds is 6. The molecule has 0 bridgehead atoms. The van der Waals surface area contributed by atoms with E-state index in [4.69, 9.17) is 0 Å². The van der Waals surface area contributed by atoms with Gasteiger partial charge in [-0.2, -0.15) is 5.10 Å². The fourth-order valence-corrected chi connectivity index (χ4v) is 1.65. The van der Waals surface area contributed by atoms with E-state index in [1.807, 2.05) is 6.92 Å². The quantitative estimate of drug-likeness (QED) is 0.727. The fraction of sp³-hybridized carbons (Fsp3) is 0.750. The topological polar surface area (TPSA) is 29.9 Å². The zero-order valence-electron chi connectivity index (χ0n) is 10.4. The van der Waals surface area contributed by atoms with Crippen LogP contribution in [0.2, 0.25) is 0 Å². The van der Waals surface area contributed by atoms with Gasteiger partial charge in [-0.3, -0.25) is 4.68 Å². The molecular weight excluding hydrogens is 186 g/mol. The van der Waals surface area contributed by atoms with Gasteiger partial charge in [0.25, 0.3) is 0 Å². The van der Waals surface area contributed by atoms with E-state index in [1.54, 1.807) is 0 Å². The largest absolute Gasteiger partial charge is 0.316 e. The molecule has 3 heteroatoms. The van der Waals surface area contributed by atoms with Gasteiger partial charge in [0.2, 0.25) is 0 Å². The summed E-state index contributed by atoms with van der Waals surface area (Å²) in [5.41, 5.74) is 2.37. The zero-order chi connectivity index (χ0) is 11.3. The van der Waals surface area contributed by atoms with Gasteiger partial charge < -0.3 is 5.32 Å². The molecule has 0 aromatic carbocycles. The fourth-order valence-electron chi connectivity index (χ4n) is 1.65. The highest BCUT2D eigenvalue weighted by Gasteiger charge is 1.99. The van der Waals surface area contributed by atoms with Crippen molar-refractivity contribution in [3.8, 4) is 0 Å². The van der Waals surface area contributed by atoms with Crippen molar-refractivity contribution >= 4 is 0 Å². The molecule has 0 saturated heterocycles. The molecule has 0 aliphatic carbocycles. The highest BCUT2D eigenvalue weighted by molar-refractivity contribution is 5.06. The maximum absolute atomic E-state index is 4.43. The first-order valence-electron chi connectivity index (χ1n) is 5.81. The Morgan fingerprint density at radius 2 is 2.13 bits per heavy atom. The minimum absolute atomic E-state index is 0.735. The summed E-state index contributed by atoms with van der Waals surface area (Å²) in [6, 6.07) is 2.13. The van der Waals surface area contributed by atoms with E-state index in [1.165, 1.54) is 5.69 Å². The van der Waals surface area contributed by atoms with E-state index in [2.05, 4.69) is 41.9 Å². The van der Waals surface area contributed by atoms with Crippen LogP contribution < -0.4 is 5.32 Å². The maximum atomic E-state index is 4.43. The Bertz CT molecular complexity index is 289. The number of aromatic nitrogens is 2. The number of nitrogens with zero attached hydrogens (tertiary/aromatic N) is 2. The summed E-state index contributed by atoms with van der Waals surface area (Å²) < 4.78 is 2.09. The average Bonchev–Trinajstić information content (AvgIpc) is 2.44. The number of aryl methyl sites for hydroxylation is 3. The van der Waals surface area contributed by atoms with Crippen LogP contribution in [0.15, 0.2) is 6.07 Å². The molecule has 0 aliphatic rings. The van der Waals surface area contributed by atoms with Crippen molar-refractivity contribution in [1.29, 1.82) is 0 Å². The first kappa shape index (κ1) is 12.2.